The van der Waals surface area contributed by atoms with Gasteiger partial charge in [-0.1, -0.05) is 6.08 Å². The van der Waals surface area contributed by atoms with E-state index in [-0.39, 0.29) is 17.9 Å². The van der Waals surface area contributed by atoms with Crippen LogP contribution in [-0.4, -0.2) is 18.2 Å². The maximum absolute atomic E-state index is 11.1. The van der Waals surface area contributed by atoms with Crippen molar-refractivity contribution in [2.45, 2.75) is 6.04 Å². The maximum Gasteiger partial charge on any atom is 0.233 e. The number of hydrogen-bond acceptors (Lipinski definition) is 2. The molecule has 56 valence electrons. The standard InChI is InChI=1S/C8H8N2O/c11-8-6-2-1-4-9-7(6)3-5-10-8/h1-7H,(H,10,11). The Bertz CT molecular complexity index is 265. The van der Waals surface area contributed by atoms with Crippen molar-refractivity contribution in [1.29, 1.82) is 0 Å². The molecule has 0 spiro atoms. The normalized spacial score (nSPS) is 33.3. The Morgan fingerprint density at radius 1 is 1.45 bits per heavy atom. The number of dihydropyridines is 1. The van der Waals surface area contributed by atoms with E-state index in [1.165, 1.54) is 0 Å². The van der Waals surface area contributed by atoms with Crippen LogP contribution < -0.4 is 5.32 Å². The van der Waals surface area contributed by atoms with Crippen molar-refractivity contribution in [3.8, 4) is 0 Å². The summed E-state index contributed by atoms with van der Waals surface area (Å²) in [5, 5.41) is 2.64. The van der Waals surface area contributed by atoms with Crippen molar-refractivity contribution in [3.63, 3.8) is 0 Å². The molecule has 0 radical (unpaired) electrons. The molecule has 0 bridgehead atoms. The summed E-state index contributed by atoms with van der Waals surface area (Å²) in [6.07, 6.45) is 8.95. The van der Waals surface area contributed by atoms with Crippen molar-refractivity contribution >= 4 is 12.1 Å². The predicted molar refractivity (Wildman–Crippen MR) is 42.2 cm³/mol. The van der Waals surface area contributed by atoms with Gasteiger partial charge in [0.1, 0.15) is 0 Å². The number of nitrogens with one attached hydrogen (secondary N) is 1. The van der Waals surface area contributed by atoms with Gasteiger partial charge >= 0.3 is 0 Å². The van der Waals surface area contributed by atoms with Crippen LogP contribution in [0.5, 0.6) is 0 Å². The van der Waals surface area contributed by atoms with Gasteiger partial charge in [0, 0.05) is 12.4 Å². The fraction of sp³-hybridized carbons (Fsp3) is 0.250. The second kappa shape index (κ2) is 2.34. The molecule has 1 amide bonds. The summed E-state index contributed by atoms with van der Waals surface area (Å²) >= 11 is 0. The highest BCUT2D eigenvalue weighted by atomic mass is 16.1. The number of allylic oxidation sites excluding steroid dienone is 1. The van der Waals surface area contributed by atoms with Crippen molar-refractivity contribution in [2.75, 3.05) is 0 Å². The Hall–Kier alpha value is -1.38. The first-order valence-electron chi connectivity index (χ1n) is 3.55. The molecule has 2 rings (SSSR count). The fourth-order valence-corrected chi connectivity index (χ4v) is 1.26. The van der Waals surface area contributed by atoms with E-state index in [2.05, 4.69) is 10.3 Å². The molecular formula is C8H8N2O. The molecule has 0 saturated heterocycles. The van der Waals surface area contributed by atoms with Gasteiger partial charge < -0.3 is 5.32 Å². The highest BCUT2D eigenvalue weighted by Crippen LogP contribution is 2.17. The van der Waals surface area contributed by atoms with Crippen LogP contribution in [0.1, 0.15) is 0 Å². The Morgan fingerprint density at radius 3 is 3.18 bits per heavy atom. The number of amides is 1. The van der Waals surface area contributed by atoms with Crippen molar-refractivity contribution in [1.82, 2.24) is 5.32 Å². The van der Waals surface area contributed by atoms with E-state index in [1.807, 2.05) is 12.2 Å². The third-order valence-corrected chi connectivity index (χ3v) is 1.85. The first kappa shape index (κ1) is 6.34. The molecule has 3 nitrogen and oxygen atoms in total. The van der Waals surface area contributed by atoms with Gasteiger partial charge in [-0.15, -0.1) is 0 Å². The molecule has 1 N–H and O–H groups in total. The zero-order valence-corrected chi connectivity index (χ0v) is 5.90. The van der Waals surface area contributed by atoms with Gasteiger partial charge in [0.05, 0.1) is 12.0 Å². The van der Waals surface area contributed by atoms with Crippen LogP contribution in [0.25, 0.3) is 0 Å². The lowest BCUT2D eigenvalue weighted by Crippen LogP contribution is -2.37. The third kappa shape index (κ3) is 0.981. The monoisotopic (exact) mass is 148 g/mol. The molecule has 2 aliphatic rings. The second-order valence-electron chi connectivity index (χ2n) is 2.57. The molecular weight excluding hydrogens is 140 g/mol. The first-order valence-corrected chi connectivity index (χ1v) is 3.55. The predicted octanol–water partition coefficient (Wildman–Crippen LogP) is 0.255. The molecule has 0 aromatic rings. The lowest BCUT2D eigenvalue weighted by molar-refractivity contribution is -0.123. The minimum Gasteiger partial charge on any atom is -0.332 e. The van der Waals surface area contributed by atoms with Crippen LogP contribution in [0, 0.1) is 5.92 Å². The van der Waals surface area contributed by atoms with Crippen LogP contribution in [0.15, 0.2) is 29.4 Å². The van der Waals surface area contributed by atoms with E-state index in [0.717, 1.165) is 0 Å². The summed E-state index contributed by atoms with van der Waals surface area (Å²) in [6, 6.07) is 0.0220. The van der Waals surface area contributed by atoms with E-state index in [0.29, 0.717) is 0 Å². The average molecular weight is 148 g/mol. The number of carbonyl (C=O) groups is 1. The largest absolute Gasteiger partial charge is 0.332 e. The molecule has 0 aromatic heterocycles. The Kier molecular flexibility index (Phi) is 1.35. The summed E-state index contributed by atoms with van der Waals surface area (Å²) < 4.78 is 0. The minimum atomic E-state index is -0.0926. The smallest absolute Gasteiger partial charge is 0.233 e. The summed E-state index contributed by atoms with van der Waals surface area (Å²) in [6.45, 7) is 0. The number of nitrogens with zero attached hydrogens (tertiary/aromatic N) is 1. The quantitative estimate of drug-likeness (QED) is 0.526. The molecule has 0 fully saturated rings. The molecule has 11 heavy (non-hydrogen) atoms. The van der Waals surface area contributed by atoms with Crippen molar-refractivity contribution < 1.29 is 4.79 Å². The van der Waals surface area contributed by atoms with E-state index in [4.69, 9.17) is 0 Å². The number of rotatable bonds is 0. The molecule has 3 heteroatoms. The van der Waals surface area contributed by atoms with Crippen LogP contribution in [-0.2, 0) is 4.79 Å². The van der Waals surface area contributed by atoms with Crippen molar-refractivity contribution in [3.05, 3.63) is 24.4 Å². The Balaban J connectivity index is 2.31. The van der Waals surface area contributed by atoms with Gasteiger partial charge in [0.15, 0.2) is 0 Å². The van der Waals surface area contributed by atoms with Gasteiger partial charge in [-0.05, 0) is 12.2 Å². The highest BCUT2D eigenvalue weighted by molar-refractivity contribution is 5.86. The Morgan fingerprint density at radius 2 is 2.36 bits per heavy atom. The zero-order chi connectivity index (χ0) is 7.68. The lowest BCUT2D eigenvalue weighted by atomic mass is 9.95. The van der Waals surface area contributed by atoms with Gasteiger partial charge in [-0.2, -0.15) is 0 Å². The Labute approximate surface area is 64.5 Å². The van der Waals surface area contributed by atoms with Gasteiger partial charge in [0.25, 0.3) is 0 Å². The summed E-state index contributed by atoms with van der Waals surface area (Å²) in [5.41, 5.74) is 0. The molecule has 0 aromatic carbocycles. The summed E-state index contributed by atoms with van der Waals surface area (Å²) in [5.74, 6) is -0.0596. The highest BCUT2D eigenvalue weighted by Gasteiger charge is 2.26. The minimum absolute atomic E-state index is 0.0220. The molecule has 2 heterocycles. The van der Waals surface area contributed by atoms with E-state index < -0.39 is 0 Å². The lowest BCUT2D eigenvalue weighted by Gasteiger charge is -2.22. The number of aliphatic imine (C=N–C) groups is 1. The third-order valence-electron chi connectivity index (χ3n) is 1.85. The van der Waals surface area contributed by atoms with Crippen LogP contribution in [0.2, 0.25) is 0 Å². The van der Waals surface area contributed by atoms with Crippen molar-refractivity contribution in [2.24, 2.45) is 10.9 Å². The second-order valence-corrected chi connectivity index (χ2v) is 2.57. The van der Waals surface area contributed by atoms with E-state index in [1.54, 1.807) is 18.5 Å². The molecule has 2 aliphatic heterocycles. The number of fused-ring (bicyclic) bond motifs is 1. The van der Waals surface area contributed by atoms with Gasteiger partial charge in [0.2, 0.25) is 5.91 Å². The topological polar surface area (TPSA) is 41.5 Å². The molecule has 2 atom stereocenters. The SMILES string of the molecule is O=C1NC=CC2N=CC=CC12. The summed E-state index contributed by atoms with van der Waals surface area (Å²) in [7, 11) is 0. The van der Waals surface area contributed by atoms with Crippen LogP contribution >= 0.6 is 0 Å². The first-order chi connectivity index (χ1) is 5.38. The average Bonchev–Trinajstić information content (AvgIpc) is 2.06. The molecule has 2 unspecified atom stereocenters. The van der Waals surface area contributed by atoms with Crippen LogP contribution in [0.3, 0.4) is 0 Å². The van der Waals surface area contributed by atoms with E-state index >= 15 is 0 Å². The molecule has 0 aliphatic carbocycles. The fourth-order valence-electron chi connectivity index (χ4n) is 1.26. The van der Waals surface area contributed by atoms with E-state index in [9.17, 15) is 4.79 Å². The summed E-state index contributed by atoms with van der Waals surface area (Å²) in [4.78, 5) is 15.3. The maximum atomic E-state index is 11.1. The number of carbonyl (C=O) groups excluding carboxylic acids is 1. The zero-order valence-electron chi connectivity index (χ0n) is 5.90. The van der Waals surface area contributed by atoms with Gasteiger partial charge in [-0.3, -0.25) is 9.79 Å². The van der Waals surface area contributed by atoms with Crippen LogP contribution in [0.4, 0.5) is 0 Å². The van der Waals surface area contributed by atoms with Gasteiger partial charge in [-0.25, -0.2) is 0 Å². The number of hydrogen-bond donors (Lipinski definition) is 1. The molecule has 0 saturated carbocycles.